The fourth-order valence-electron chi connectivity index (χ4n) is 3.83. The number of amides is 1. The number of carbonyl (C=O) groups is 2. The molecule has 3 aromatic carbocycles. The average Bonchev–Trinajstić information content (AvgIpc) is 2.96. The number of ether oxygens (including phenoxy) is 1. The van der Waals surface area contributed by atoms with Crippen LogP contribution in [0.5, 0.6) is 5.75 Å². The highest BCUT2D eigenvalue weighted by Crippen LogP contribution is 2.30. The third-order valence-corrected chi connectivity index (χ3v) is 7.32. The number of nitrogens with zero attached hydrogens (tertiary/aromatic N) is 1. The minimum atomic E-state index is -5.08. The molecule has 4 rings (SSSR count). The van der Waals surface area contributed by atoms with Crippen LogP contribution < -0.4 is 25.0 Å². The van der Waals surface area contributed by atoms with Gasteiger partial charge in [0.2, 0.25) is 0 Å². The molecule has 226 valence electrons. The Kier molecular flexibility index (Phi) is 10.7. The topological polar surface area (TPSA) is 137 Å². The molecule has 0 radical (unpaired) electrons. The number of carbonyl (C=O) groups excluding carboxylic acids is 1. The van der Waals surface area contributed by atoms with Crippen LogP contribution in [-0.4, -0.2) is 64.9 Å². The van der Waals surface area contributed by atoms with Gasteiger partial charge in [-0.3, -0.25) is 9.52 Å². The van der Waals surface area contributed by atoms with Gasteiger partial charge in [0.1, 0.15) is 11.6 Å². The number of aliphatic carboxylic acids is 1. The summed E-state index contributed by atoms with van der Waals surface area (Å²) in [5.74, 6) is -3.19. The van der Waals surface area contributed by atoms with Gasteiger partial charge in [0.25, 0.3) is 15.9 Å². The molecule has 42 heavy (non-hydrogen) atoms. The van der Waals surface area contributed by atoms with Crippen molar-refractivity contribution in [3.63, 3.8) is 0 Å². The molecule has 1 fully saturated rings. The molecule has 0 aliphatic carbocycles. The third kappa shape index (κ3) is 8.81. The first kappa shape index (κ1) is 32.1. The molecule has 1 aliphatic heterocycles. The first-order chi connectivity index (χ1) is 19.8. The number of rotatable bonds is 8. The summed E-state index contributed by atoms with van der Waals surface area (Å²) in [7, 11) is -2.50. The van der Waals surface area contributed by atoms with Crippen LogP contribution in [0.4, 0.5) is 28.9 Å². The van der Waals surface area contributed by atoms with Crippen LogP contribution in [0.1, 0.15) is 15.9 Å². The van der Waals surface area contributed by atoms with Crippen molar-refractivity contribution in [1.29, 1.82) is 0 Å². The second-order valence-electron chi connectivity index (χ2n) is 8.83. The summed E-state index contributed by atoms with van der Waals surface area (Å²) < 4.78 is 79.8. The van der Waals surface area contributed by atoms with Crippen molar-refractivity contribution in [3.05, 3.63) is 83.7 Å². The number of hydrogen-bond donors (Lipinski definition) is 4. The Morgan fingerprint density at radius 1 is 1.02 bits per heavy atom. The summed E-state index contributed by atoms with van der Waals surface area (Å²) in [6.07, 6.45) is -5.08. The number of halogens is 4. The zero-order valence-electron chi connectivity index (χ0n) is 22.2. The van der Waals surface area contributed by atoms with E-state index >= 15 is 0 Å². The number of carboxylic acids is 1. The van der Waals surface area contributed by atoms with E-state index in [1.807, 2.05) is 0 Å². The van der Waals surface area contributed by atoms with Crippen LogP contribution >= 0.6 is 0 Å². The number of anilines is 2. The Bertz CT molecular complexity index is 1510. The highest BCUT2D eigenvalue weighted by atomic mass is 32.2. The van der Waals surface area contributed by atoms with Crippen molar-refractivity contribution >= 4 is 33.3 Å². The fourth-order valence-corrected chi connectivity index (χ4v) is 4.93. The third-order valence-electron chi connectivity index (χ3n) is 5.95. The van der Waals surface area contributed by atoms with E-state index in [-0.39, 0.29) is 22.7 Å². The number of carboxylic acid groups (broad SMARTS) is 1. The molecule has 3 aromatic rings. The Morgan fingerprint density at radius 3 is 2.31 bits per heavy atom. The maximum absolute atomic E-state index is 13.9. The first-order valence-corrected chi connectivity index (χ1v) is 13.9. The SMILES string of the molecule is COc1cccc(S(=O)(=O)Nc2cc(C(=O)NCc3ccccc3F)ccc2N2CCNCC2)c1.O=C(O)C(F)(F)F. The zero-order valence-corrected chi connectivity index (χ0v) is 23.1. The van der Waals surface area contributed by atoms with Crippen molar-refractivity contribution in [2.45, 2.75) is 17.6 Å². The lowest BCUT2D eigenvalue weighted by atomic mass is 10.1. The highest BCUT2D eigenvalue weighted by molar-refractivity contribution is 7.92. The van der Waals surface area contributed by atoms with Gasteiger partial charge in [-0.05, 0) is 36.4 Å². The number of benzene rings is 3. The van der Waals surface area contributed by atoms with E-state index in [1.165, 1.54) is 31.4 Å². The lowest BCUT2D eigenvalue weighted by Crippen LogP contribution is -2.43. The summed E-state index contributed by atoms with van der Waals surface area (Å²) in [5, 5.41) is 13.1. The summed E-state index contributed by atoms with van der Waals surface area (Å²) in [4.78, 5) is 23.8. The molecule has 0 saturated carbocycles. The van der Waals surface area contributed by atoms with Gasteiger partial charge in [0.15, 0.2) is 0 Å². The first-order valence-electron chi connectivity index (χ1n) is 12.4. The van der Waals surface area contributed by atoms with Crippen LogP contribution in [0.25, 0.3) is 0 Å². The Hall–Kier alpha value is -4.37. The van der Waals surface area contributed by atoms with Gasteiger partial charge in [0.05, 0.1) is 23.4 Å². The second-order valence-corrected chi connectivity index (χ2v) is 10.5. The van der Waals surface area contributed by atoms with Gasteiger partial charge >= 0.3 is 12.1 Å². The normalized spacial score (nSPS) is 13.4. The molecule has 0 unspecified atom stereocenters. The van der Waals surface area contributed by atoms with E-state index in [0.717, 1.165) is 13.1 Å². The van der Waals surface area contributed by atoms with Crippen molar-refractivity contribution in [1.82, 2.24) is 10.6 Å². The summed E-state index contributed by atoms with van der Waals surface area (Å²) in [5.41, 5.74) is 1.57. The maximum atomic E-state index is 13.9. The van der Waals surface area contributed by atoms with E-state index in [2.05, 4.69) is 20.3 Å². The predicted molar refractivity (Wildman–Crippen MR) is 147 cm³/mol. The Balaban J connectivity index is 0.000000616. The number of hydrogen-bond acceptors (Lipinski definition) is 7. The molecule has 0 atom stereocenters. The van der Waals surface area contributed by atoms with Crippen LogP contribution in [0, 0.1) is 5.82 Å². The highest BCUT2D eigenvalue weighted by Gasteiger charge is 2.38. The Morgan fingerprint density at radius 2 is 1.69 bits per heavy atom. The molecular weight excluding hydrogens is 584 g/mol. The molecular formula is C27H28F4N4O6S. The molecule has 10 nitrogen and oxygen atoms in total. The molecule has 1 aliphatic rings. The van der Waals surface area contributed by atoms with Crippen molar-refractivity contribution in [3.8, 4) is 5.75 Å². The largest absolute Gasteiger partial charge is 0.497 e. The lowest BCUT2D eigenvalue weighted by molar-refractivity contribution is -0.192. The van der Waals surface area contributed by atoms with E-state index in [0.29, 0.717) is 30.1 Å². The molecule has 0 aromatic heterocycles. The van der Waals surface area contributed by atoms with Gasteiger partial charge in [0, 0.05) is 49.9 Å². The molecule has 15 heteroatoms. The van der Waals surface area contributed by atoms with E-state index in [4.69, 9.17) is 14.6 Å². The smallest absolute Gasteiger partial charge is 0.490 e. The monoisotopic (exact) mass is 612 g/mol. The molecule has 4 N–H and O–H groups in total. The van der Waals surface area contributed by atoms with Crippen molar-refractivity contribution in [2.24, 2.45) is 0 Å². The minimum absolute atomic E-state index is 0.00984. The van der Waals surface area contributed by atoms with Gasteiger partial charge < -0.3 is 25.4 Å². The average molecular weight is 613 g/mol. The van der Waals surface area contributed by atoms with Crippen molar-refractivity contribution < 1.29 is 45.4 Å². The zero-order chi connectivity index (χ0) is 30.9. The molecule has 0 spiro atoms. The summed E-state index contributed by atoms with van der Waals surface area (Å²) >= 11 is 0. The molecule has 0 bridgehead atoms. The summed E-state index contributed by atoms with van der Waals surface area (Å²) in [6, 6.07) is 17.2. The number of methoxy groups -OCH3 is 1. The minimum Gasteiger partial charge on any atom is -0.497 e. The van der Waals surface area contributed by atoms with Crippen molar-refractivity contribution in [2.75, 3.05) is 42.9 Å². The predicted octanol–water partition coefficient (Wildman–Crippen LogP) is 3.61. The van der Waals surface area contributed by atoms with Gasteiger partial charge in [-0.25, -0.2) is 17.6 Å². The van der Waals surface area contributed by atoms with Crippen LogP contribution in [0.3, 0.4) is 0 Å². The van der Waals surface area contributed by atoms with Crippen LogP contribution in [-0.2, 0) is 21.4 Å². The van der Waals surface area contributed by atoms with E-state index in [1.54, 1.807) is 42.5 Å². The number of nitrogens with one attached hydrogen (secondary N) is 3. The van der Waals surface area contributed by atoms with Crippen LogP contribution in [0.15, 0.2) is 71.6 Å². The van der Waals surface area contributed by atoms with Crippen LogP contribution in [0.2, 0.25) is 0 Å². The van der Waals surface area contributed by atoms with E-state index in [9.17, 15) is 30.8 Å². The van der Waals surface area contributed by atoms with Gasteiger partial charge in [-0.1, -0.05) is 24.3 Å². The number of sulfonamides is 1. The number of piperazine rings is 1. The molecule has 1 saturated heterocycles. The lowest BCUT2D eigenvalue weighted by Gasteiger charge is -2.31. The standard InChI is InChI=1S/C25H27FN4O4S.C2HF3O2/c1-34-20-6-4-7-21(16-20)35(32,33)29-23-15-18(9-10-24(23)30-13-11-27-12-14-30)25(31)28-17-19-5-2-3-8-22(19)26;3-2(4,5)1(6)7/h2-10,15-16,27,29H,11-14,17H2,1H3,(H,28,31);(H,6,7). The fraction of sp³-hybridized carbons (Fsp3) is 0.259. The number of alkyl halides is 3. The Labute approximate surface area is 239 Å². The molecule has 1 amide bonds. The van der Waals surface area contributed by atoms with Gasteiger partial charge in [-0.15, -0.1) is 0 Å². The molecule has 1 heterocycles. The van der Waals surface area contributed by atoms with E-state index < -0.39 is 33.9 Å². The quantitative estimate of drug-likeness (QED) is 0.284. The maximum Gasteiger partial charge on any atom is 0.490 e. The van der Waals surface area contributed by atoms with Gasteiger partial charge in [-0.2, -0.15) is 13.2 Å². The summed E-state index contributed by atoms with van der Waals surface area (Å²) in [6.45, 7) is 2.90. The second kappa shape index (κ2) is 14.0.